The van der Waals surface area contributed by atoms with Gasteiger partial charge in [-0.1, -0.05) is 48.9 Å². The van der Waals surface area contributed by atoms with Crippen LogP contribution in [0.2, 0.25) is 0 Å². The lowest BCUT2D eigenvalue weighted by Crippen LogP contribution is -2.19. The van der Waals surface area contributed by atoms with Gasteiger partial charge in [-0.25, -0.2) is 4.79 Å². The zero-order chi connectivity index (χ0) is 14.5. The molecule has 0 amide bonds. The fourth-order valence-electron chi connectivity index (χ4n) is 2.94. The van der Waals surface area contributed by atoms with E-state index < -0.39 is 0 Å². The molecule has 0 radical (unpaired) electrons. The van der Waals surface area contributed by atoms with Crippen molar-refractivity contribution in [2.75, 3.05) is 0 Å². The summed E-state index contributed by atoms with van der Waals surface area (Å²) in [5.74, 6) is -0.227. The average molecular weight is 280 g/mol. The molecule has 0 atom stereocenters. The van der Waals surface area contributed by atoms with Crippen LogP contribution in [0.3, 0.4) is 0 Å². The Morgan fingerprint density at radius 1 is 1.00 bits per heavy atom. The van der Waals surface area contributed by atoms with E-state index in [0.29, 0.717) is 0 Å². The molecule has 2 aromatic rings. The molecule has 108 valence electrons. The van der Waals surface area contributed by atoms with Gasteiger partial charge in [-0.05, 0) is 48.1 Å². The van der Waals surface area contributed by atoms with Gasteiger partial charge in [0.1, 0.15) is 6.10 Å². The van der Waals surface area contributed by atoms with Gasteiger partial charge in [0.05, 0.1) is 0 Å². The maximum absolute atomic E-state index is 11.9. The summed E-state index contributed by atoms with van der Waals surface area (Å²) in [6, 6.07) is 14.3. The smallest absolute Gasteiger partial charge is 0.331 e. The van der Waals surface area contributed by atoms with Gasteiger partial charge >= 0.3 is 5.97 Å². The molecule has 0 N–H and O–H groups in total. The third-order valence-electron chi connectivity index (χ3n) is 4.06. The second kappa shape index (κ2) is 6.57. The maximum Gasteiger partial charge on any atom is 0.331 e. The fraction of sp³-hybridized carbons (Fsp3) is 0.316. The van der Waals surface area contributed by atoms with Crippen LogP contribution in [0.25, 0.3) is 16.8 Å². The number of hydrogen-bond donors (Lipinski definition) is 0. The molecule has 1 aliphatic rings. The molecule has 0 saturated heterocycles. The van der Waals surface area contributed by atoms with Gasteiger partial charge in [0.2, 0.25) is 0 Å². The Labute approximate surface area is 125 Å². The molecule has 21 heavy (non-hydrogen) atoms. The Hall–Kier alpha value is -2.09. The number of ether oxygens (including phenoxy) is 1. The van der Waals surface area contributed by atoms with Crippen molar-refractivity contribution in [1.29, 1.82) is 0 Å². The van der Waals surface area contributed by atoms with Crippen LogP contribution in [0.15, 0.2) is 48.5 Å². The number of esters is 1. The highest BCUT2D eigenvalue weighted by molar-refractivity contribution is 5.94. The maximum atomic E-state index is 11.9. The Morgan fingerprint density at radius 3 is 2.62 bits per heavy atom. The van der Waals surface area contributed by atoms with Gasteiger partial charge in [0.25, 0.3) is 0 Å². The largest absolute Gasteiger partial charge is 0.459 e. The number of carbonyl (C=O) groups is 1. The highest BCUT2D eigenvalue weighted by Crippen LogP contribution is 2.22. The molecular weight excluding hydrogens is 260 g/mol. The summed E-state index contributed by atoms with van der Waals surface area (Å²) in [5.41, 5.74) is 1.05. The zero-order valence-electron chi connectivity index (χ0n) is 12.1. The van der Waals surface area contributed by atoms with Crippen molar-refractivity contribution in [2.45, 2.75) is 38.2 Å². The number of carbonyl (C=O) groups excluding carboxylic acids is 1. The van der Waals surface area contributed by atoms with Crippen LogP contribution in [0.4, 0.5) is 0 Å². The summed E-state index contributed by atoms with van der Waals surface area (Å²) in [7, 11) is 0. The normalized spacial score (nSPS) is 16.4. The van der Waals surface area contributed by atoms with Crippen LogP contribution in [0, 0.1) is 0 Å². The van der Waals surface area contributed by atoms with Crippen LogP contribution < -0.4 is 0 Å². The van der Waals surface area contributed by atoms with E-state index in [0.717, 1.165) is 23.8 Å². The van der Waals surface area contributed by atoms with E-state index in [1.165, 1.54) is 24.6 Å². The minimum atomic E-state index is -0.227. The molecule has 0 aliphatic heterocycles. The summed E-state index contributed by atoms with van der Waals surface area (Å²) in [6.45, 7) is 0. The molecule has 1 aliphatic carbocycles. The third kappa shape index (κ3) is 3.52. The van der Waals surface area contributed by atoms with Crippen molar-refractivity contribution in [3.63, 3.8) is 0 Å². The zero-order valence-corrected chi connectivity index (χ0v) is 12.1. The Morgan fingerprint density at radius 2 is 1.76 bits per heavy atom. The Bertz CT molecular complexity index is 646. The third-order valence-corrected chi connectivity index (χ3v) is 4.06. The monoisotopic (exact) mass is 280 g/mol. The van der Waals surface area contributed by atoms with Crippen LogP contribution in [-0.2, 0) is 9.53 Å². The summed E-state index contributed by atoms with van der Waals surface area (Å²) < 4.78 is 5.50. The second-order valence-electron chi connectivity index (χ2n) is 5.60. The van der Waals surface area contributed by atoms with Gasteiger partial charge in [-0.15, -0.1) is 0 Å². The minimum absolute atomic E-state index is 0.114. The molecule has 3 rings (SSSR count). The number of hydrogen-bond acceptors (Lipinski definition) is 2. The van der Waals surface area contributed by atoms with Crippen LogP contribution >= 0.6 is 0 Å². The predicted molar refractivity (Wildman–Crippen MR) is 85.9 cm³/mol. The number of benzene rings is 2. The van der Waals surface area contributed by atoms with E-state index in [1.807, 2.05) is 30.3 Å². The van der Waals surface area contributed by atoms with E-state index in [2.05, 4.69) is 18.2 Å². The number of rotatable bonds is 3. The van der Waals surface area contributed by atoms with E-state index in [4.69, 9.17) is 4.74 Å². The first kappa shape index (κ1) is 13.9. The van der Waals surface area contributed by atoms with Crippen LogP contribution in [-0.4, -0.2) is 12.1 Å². The van der Waals surface area contributed by atoms with Crippen molar-refractivity contribution in [1.82, 2.24) is 0 Å². The molecule has 0 bridgehead atoms. The molecule has 1 fully saturated rings. The van der Waals surface area contributed by atoms with Crippen molar-refractivity contribution in [2.24, 2.45) is 0 Å². The molecule has 1 saturated carbocycles. The van der Waals surface area contributed by atoms with Crippen molar-refractivity contribution < 1.29 is 9.53 Å². The highest BCUT2D eigenvalue weighted by Gasteiger charge is 2.16. The average Bonchev–Trinajstić information content (AvgIpc) is 2.54. The molecule has 0 aromatic heterocycles. The van der Waals surface area contributed by atoms with Gasteiger partial charge in [-0.3, -0.25) is 0 Å². The lowest BCUT2D eigenvalue weighted by atomic mass is 9.98. The predicted octanol–water partition coefficient (Wildman–Crippen LogP) is 4.73. The van der Waals surface area contributed by atoms with Crippen molar-refractivity contribution in [3.05, 3.63) is 54.1 Å². The summed E-state index contributed by atoms with van der Waals surface area (Å²) in [6.07, 6.45) is 9.14. The first-order valence-electron chi connectivity index (χ1n) is 7.69. The highest BCUT2D eigenvalue weighted by atomic mass is 16.5. The van der Waals surface area contributed by atoms with E-state index in [-0.39, 0.29) is 12.1 Å². The van der Waals surface area contributed by atoms with Crippen LogP contribution in [0.5, 0.6) is 0 Å². The lowest BCUT2D eigenvalue weighted by Gasteiger charge is -2.20. The molecule has 2 aromatic carbocycles. The Balaban J connectivity index is 1.70. The standard InChI is InChI=1S/C19H20O2/c20-19(21-17-10-2-1-3-11-17)14-13-16-9-6-8-15-7-4-5-12-18(15)16/h4-9,12-14,17H,1-3,10-11H2/b14-13+. The van der Waals surface area contributed by atoms with Gasteiger partial charge in [-0.2, -0.15) is 0 Å². The number of fused-ring (bicyclic) bond motifs is 1. The summed E-state index contributed by atoms with van der Waals surface area (Å²) in [4.78, 5) is 11.9. The summed E-state index contributed by atoms with van der Waals surface area (Å²) in [5, 5.41) is 2.34. The van der Waals surface area contributed by atoms with Gasteiger partial charge < -0.3 is 4.74 Å². The van der Waals surface area contributed by atoms with Gasteiger partial charge in [0, 0.05) is 6.08 Å². The molecule has 0 heterocycles. The SMILES string of the molecule is O=C(/C=C/c1cccc2ccccc12)OC1CCCCC1. The summed E-state index contributed by atoms with van der Waals surface area (Å²) >= 11 is 0. The minimum Gasteiger partial charge on any atom is -0.459 e. The molecule has 0 spiro atoms. The topological polar surface area (TPSA) is 26.3 Å². The van der Waals surface area contributed by atoms with Crippen LogP contribution in [0.1, 0.15) is 37.7 Å². The molecule has 2 nitrogen and oxygen atoms in total. The quantitative estimate of drug-likeness (QED) is 0.600. The molecule has 2 heteroatoms. The second-order valence-corrected chi connectivity index (χ2v) is 5.60. The van der Waals surface area contributed by atoms with Gasteiger partial charge in [0.15, 0.2) is 0 Å². The first-order valence-corrected chi connectivity index (χ1v) is 7.69. The van der Waals surface area contributed by atoms with E-state index >= 15 is 0 Å². The van der Waals surface area contributed by atoms with Crippen molar-refractivity contribution >= 4 is 22.8 Å². The molecular formula is C19H20O2. The van der Waals surface area contributed by atoms with Crippen molar-refractivity contribution in [3.8, 4) is 0 Å². The first-order chi connectivity index (χ1) is 10.3. The fourth-order valence-corrected chi connectivity index (χ4v) is 2.94. The van der Waals surface area contributed by atoms with E-state index in [1.54, 1.807) is 6.08 Å². The van der Waals surface area contributed by atoms with E-state index in [9.17, 15) is 4.79 Å². The Kier molecular flexibility index (Phi) is 4.34. The lowest BCUT2D eigenvalue weighted by molar-refractivity contribution is -0.144. The molecule has 0 unspecified atom stereocenters.